The maximum absolute atomic E-state index is 12.7. The first-order valence-corrected chi connectivity index (χ1v) is 11.0. The number of hydrogen-bond donors (Lipinski definition) is 0. The van der Waals surface area contributed by atoms with Crippen molar-refractivity contribution in [3.63, 3.8) is 0 Å². The van der Waals surface area contributed by atoms with E-state index in [1.807, 2.05) is 6.08 Å². The van der Waals surface area contributed by atoms with Crippen LogP contribution in [0.1, 0.15) is 72.6 Å². The topological polar surface area (TPSA) is 34.1 Å². The third-order valence-electron chi connectivity index (χ3n) is 8.66. The SMILES string of the molecule is CCC(/C=C1\C[C@H]2C3CCC(=O)[C@@]3(C)CC[C@@H]2[C@@]2(C)C=CC(=O)C=C12)CC. The molecule has 0 spiro atoms. The summed E-state index contributed by atoms with van der Waals surface area (Å²) in [5, 5.41) is 0. The zero-order chi connectivity index (χ0) is 19.4. The first-order chi connectivity index (χ1) is 12.8. The smallest absolute Gasteiger partial charge is 0.178 e. The van der Waals surface area contributed by atoms with Crippen LogP contribution in [0.4, 0.5) is 0 Å². The van der Waals surface area contributed by atoms with Gasteiger partial charge in [0.15, 0.2) is 5.78 Å². The van der Waals surface area contributed by atoms with Crippen molar-refractivity contribution in [2.75, 3.05) is 0 Å². The highest BCUT2D eigenvalue weighted by Gasteiger charge is 2.59. The molecule has 3 fully saturated rings. The molecule has 27 heavy (non-hydrogen) atoms. The van der Waals surface area contributed by atoms with Crippen molar-refractivity contribution in [2.24, 2.45) is 34.5 Å². The van der Waals surface area contributed by atoms with Crippen LogP contribution in [0.2, 0.25) is 0 Å². The van der Waals surface area contributed by atoms with E-state index in [0.29, 0.717) is 29.5 Å². The number of carbonyl (C=O) groups is 2. The summed E-state index contributed by atoms with van der Waals surface area (Å²) in [4.78, 5) is 24.9. The van der Waals surface area contributed by atoms with Crippen LogP contribution < -0.4 is 0 Å². The summed E-state index contributed by atoms with van der Waals surface area (Å²) >= 11 is 0. The lowest BCUT2D eigenvalue weighted by Crippen LogP contribution is -2.50. The quantitative estimate of drug-likeness (QED) is 0.629. The summed E-state index contributed by atoms with van der Waals surface area (Å²) in [6.45, 7) is 9.09. The van der Waals surface area contributed by atoms with Gasteiger partial charge in [0, 0.05) is 17.3 Å². The Balaban J connectivity index is 1.79. The lowest BCUT2D eigenvalue weighted by atomic mass is 9.47. The van der Waals surface area contributed by atoms with Gasteiger partial charge < -0.3 is 0 Å². The molecule has 0 aromatic rings. The van der Waals surface area contributed by atoms with E-state index in [9.17, 15) is 9.59 Å². The molecule has 5 atom stereocenters. The summed E-state index contributed by atoms with van der Waals surface area (Å²) in [7, 11) is 0. The van der Waals surface area contributed by atoms with Crippen LogP contribution in [0.5, 0.6) is 0 Å². The fraction of sp³-hybridized carbons (Fsp3) is 0.680. The van der Waals surface area contributed by atoms with E-state index in [2.05, 4.69) is 39.8 Å². The van der Waals surface area contributed by atoms with Crippen LogP contribution in [0.25, 0.3) is 0 Å². The van der Waals surface area contributed by atoms with Gasteiger partial charge in [-0.05, 0) is 85.5 Å². The molecule has 3 saturated carbocycles. The highest BCUT2D eigenvalue weighted by atomic mass is 16.1. The van der Waals surface area contributed by atoms with E-state index < -0.39 is 0 Å². The van der Waals surface area contributed by atoms with Crippen molar-refractivity contribution in [2.45, 2.75) is 72.6 Å². The maximum Gasteiger partial charge on any atom is 0.178 e. The van der Waals surface area contributed by atoms with Crippen molar-refractivity contribution in [1.29, 1.82) is 0 Å². The minimum absolute atomic E-state index is 0.0539. The Kier molecular flexibility index (Phi) is 4.60. The Hall–Kier alpha value is -1.44. The number of hydrogen-bond acceptors (Lipinski definition) is 2. The number of fused-ring (bicyclic) bond motifs is 5. The Morgan fingerprint density at radius 2 is 1.89 bits per heavy atom. The molecule has 0 N–H and O–H groups in total. The van der Waals surface area contributed by atoms with Gasteiger partial charge in [0.2, 0.25) is 0 Å². The van der Waals surface area contributed by atoms with Crippen LogP contribution in [0.3, 0.4) is 0 Å². The van der Waals surface area contributed by atoms with Gasteiger partial charge in [0.05, 0.1) is 0 Å². The molecular formula is C25H34O2. The fourth-order valence-electron chi connectivity index (χ4n) is 6.87. The van der Waals surface area contributed by atoms with E-state index >= 15 is 0 Å². The molecule has 0 heterocycles. The molecule has 0 saturated heterocycles. The zero-order valence-corrected chi connectivity index (χ0v) is 17.4. The van der Waals surface area contributed by atoms with Crippen molar-refractivity contribution < 1.29 is 9.59 Å². The summed E-state index contributed by atoms with van der Waals surface area (Å²) in [5.74, 6) is 2.83. The molecule has 0 aliphatic heterocycles. The highest BCUT2D eigenvalue weighted by molar-refractivity contribution is 6.02. The minimum atomic E-state index is -0.104. The van der Waals surface area contributed by atoms with Crippen molar-refractivity contribution >= 4 is 11.6 Å². The second kappa shape index (κ2) is 6.57. The number of carbonyl (C=O) groups excluding carboxylic acids is 2. The van der Waals surface area contributed by atoms with Crippen molar-refractivity contribution in [3.8, 4) is 0 Å². The van der Waals surface area contributed by atoms with Crippen molar-refractivity contribution in [1.82, 2.24) is 0 Å². The van der Waals surface area contributed by atoms with Crippen LogP contribution in [0, 0.1) is 34.5 Å². The van der Waals surface area contributed by atoms with Crippen LogP contribution in [-0.4, -0.2) is 11.6 Å². The molecule has 2 heteroatoms. The van der Waals surface area contributed by atoms with Gasteiger partial charge in [-0.25, -0.2) is 0 Å². The molecule has 146 valence electrons. The maximum atomic E-state index is 12.7. The van der Waals surface area contributed by atoms with Crippen LogP contribution in [-0.2, 0) is 9.59 Å². The molecule has 0 amide bonds. The number of allylic oxidation sites excluding steroid dienone is 6. The molecule has 0 bridgehead atoms. The Labute approximate surface area is 164 Å². The molecule has 4 aliphatic carbocycles. The van der Waals surface area contributed by atoms with Gasteiger partial charge in [0.1, 0.15) is 5.78 Å². The Morgan fingerprint density at radius 3 is 2.59 bits per heavy atom. The predicted molar refractivity (Wildman–Crippen MR) is 109 cm³/mol. The molecule has 4 rings (SSSR count). The van der Waals surface area contributed by atoms with Crippen molar-refractivity contribution in [3.05, 3.63) is 35.5 Å². The molecule has 2 nitrogen and oxygen atoms in total. The fourth-order valence-corrected chi connectivity index (χ4v) is 6.87. The lowest BCUT2D eigenvalue weighted by Gasteiger charge is -2.56. The number of rotatable bonds is 3. The van der Waals surface area contributed by atoms with Gasteiger partial charge in [-0.15, -0.1) is 0 Å². The van der Waals surface area contributed by atoms with Gasteiger partial charge in [0.25, 0.3) is 0 Å². The van der Waals surface area contributed by atoms with Gasteiger partial charge >= 0.3 is 0 Å². The van der Waals surface area contributed by atoms with Crippen LogP contribution in [0.15, 0.2) is 35.5 Å². The minimum Gasteiger partial charge on any atom is -0.299 e. The molecule has 0 aromatic heterocycles. The molecule has 4 aliphatic rings. The summed E-state index contributed by atoms with van der Waals surface area (Å²) in [6, 6.07) is 0. The van der Waals surface area contributed by atoms with E-state index in [4.69, 9.17) is 0 Å². The second-order valence-electron chi connectivity index (χ2n) is 9.84. The monoisotopic (exact) mass is 366 g/mol. The third kappa shape index (κ3) is 2.74. The highest BCUT2D eigenvalue weighted by Crippen LogP contribution is 2.64. The average Bonchev–Trinajstić information content (AvgIpc) is 2.96. The Bertz CT molecular complexity index is 750. The summed E-state index contributed by atoms with van der Waals surface area (Å²) in [5.41, 5.74) is 2.51. The van der Waals surface area contributed by atoms with E-state index in [1.54, 1.807) is 6.08 Å². The largest absolute Gasteiger partial charge is 0.299 e. The zero-order valence-electron chi connectivity index (χ0n) is 17.4. The molecule has 1 unspecified atom stereocenters. The van der Waals surface area contributed by atoms with Gasteiger partial charge in [-0.1, -0.05) is 39.8 Å². The van der Waals surface area contributed by atoms with E-state index in [-0.39, 0.29) is 16.6 Å². The lowest BCUT2D eigenvalue weighted by molar-refractivity contribution is -0.131. The summed E-state index contributed by atoms with van der Waals surface area (Å²) in [6.07, 6.45) is 15.7. The standard InChI is InChI=1S/C25H34O2/c1-5-16(6-2)13-17-14-19-20-7-8-23(27)25(20,4)12-10-21(19)24(3)11-9-18(26)15-22(17)24/h9,11,13,15-16,19-21H,5-8,10,12,14H2,1-4H3/b17-13+/t19-,20?,21-,24+,25-/m0/s1. The molecule has 0 aromatic carbocycles. The predicted octanol–water partition coefficient (Wildman–Crippen LogP) is 5.84. The van der Waals surface area contributed by atoms with E-state index in [1.165, 1.54) is 11.1 Å². The third-order valence-corrected chi connectivity index (χ3v) is 8.66. The van der Waals surface area contributed by atoms with Gasteiger partial charge in [-0.2, -0.15) is 0 Å². The first-order valence-electron chi connectivity index (χ1n) is 11.0. The average molecular weight is 367 g/mol. The second-order valence-corrected chi connectivity index (χ2v) is 9.84. The first kappa shape index (κ1) is 18.9. The van der Waals surface area contributed by atoms with E-state index in [0.717, 1.165) is 44.9 Å². The Morgan fingerprint density at radius 1 is 1.15 bits per heavy atom. The summed E-state index contributed by atoms with van der Waals surface area (Å²) < 4.78 is 0. The van der Waals surface area contributed by atoms with Gasteiger partial charge in [-0.3, -0.25) is 9.59 Å². The van der Waals surface area contributed by atoms with Crippen LogP contribution >= 0.6 is 0 Å². The molecule has 0 radical (unpaired) electrons. The molecular weight excluding hydrogens is 332 g/mol. The number of ketones is 2. The normalized spacial score (nSPS) is 42.2. The number of Topliss-reactive ketones (excluding diaryl/α,β-unsaturated/α-hetero) is 1.